The van der Waals surface area contributed by atoms with Gasteiger partial charge >= 0.3 is 5.63 Å². The number of rotatable bonds is 8. The van der Waals surface area contributed by atoms with Crippen LogP contribution in [0.1, 0.15) is 24.0 Å². The molecule has 27 heavy (non-hydrogen) atoms. The first-order chi connectivity index (χ1) is 13.1. The number of aryl methyl sites for hydroxylation is 2. The molecular formula is C20H23N3O4. The molecule has 0 aliphatic heterocycles. The van der Waals surface area contributed by atoms with E-state index in [-0.39, 0.29) is 12.3 Å². The summed E-state index contributed by atoms with van der Waals surface area (Å²) < 4.78 is 12.5. The van der Waals surface area contributed by atoms with Crippen molar-refractivity contribution in [2.45, 2.75) is 32.7 Å². The molecule has 0 saturated heterocycles. The largest absolute Gasteiger partial charge is 0.497 e. The van der Waals surface area contributed by atoms with Gasteiger partial charge in [0.1, 0.15) is 11.3 Å². The lowest BCUT2D eigenvalue weighted by atomic mass is 10.0. The van der Waals surface area contributed by atoms with E-state index >= 15 is 0 Å². The molecular weight excluding hydrogens is 346 g/mol. The van der Waals surface area contributed by atoms with Crippen molar-refractivity contribution < 1.29 is 13.9 Å². The molecule has 3 aromatic rings. The van der Waals surface area contributed by atoms with Gasteiger partial charge in [-0.05, 0) is 37.5 Å². The zero-order valence-electron chi connectivity index (χ0n) is 15.5. The van der Waals surface area contributed by atoms with Gasteiger partial charge in [0.25, 0.3) is 0 Å². The fourth-order valence-electron chi connectivity index (χ4n) is 3.03. The Morgan fingerprint density at radius 2 is 2.22 bits per heavy atom. The van der Waals surface area contributed by atoms with Crippen LogP contribution in [-0.4, -0.2) is 29.1 Å². The van der Waals surface area contributed by atoms with Crippen LogP contribution in [0.3, 0.4) is 0 Å². The molecule has 1 aromatic carbocycles. The van der Waals surface area contributed by atoms with Gasteiger partial charge in [0.15, 0.2) is 0 Å². The van der Waals surface area contributed by atoms with E-state index in [1.54, 1.807) is 25.7 Å². The fraction of sp³-hybridized carbons (Fsp3) is 0.350. The molecule has 7 heteroatoms. The highest BCUT2D eigenvalue weighted by Crippen LogP contribution is 2.24. The van der Waals surface area contributed by atoms with Crippen LogP contribution >= 0.6 is 0 Å². The average Bonchev–Trinajstić information content (AvgIpc) is 3.18. The Labute approximate surface area is 157 Å². The van der Waals surface area contributed by atoms with E-state index in [1.165, 1.54) is 0 Å². The first kappa shape index (κ1) is 18.7. The average molecular weight is 369 g/mol. The first-order valence-electron chi connectivity index (χ1n) is 8.91. The molecule has 1 amide bonds. The van der Waals surface area contributed by atoms with Crippen LogP contribution in [0.15, 0.2) is 46.1 Å². The molecule has 0 atom stereocenters. The third-order valence-electron chi connectivity index (χ3n) is 4.57. The lowest BCUT2D eigenvalue weighted by molar-refractivity contribution is -0.121. The summed E-state index contributed by atoms with van der Waals surface area (Å²) >= 11 is 0. The van der Waals surface area contributed by atoms with Crippen molar-refractivity contribution >= 4 is 16.9 Å². The maximum absolute atomic E-state index is 12.3. The molecule has 0 bridgehead atoms. The molecule has 0 spiro atoms. The van der Waals surface area contributed by atoms with Crippen molar-refractivity contribution in [2.24, 2.45) is 0 Å². The van der Waals surface area contributed by atoms with E-state index in [4.69, 9.17) is 9.15 Å². The number of methoxy groups -OCH3 is 1. The molecule has 2 aromatic heterocycles. The minimum Gasteiger partial charge on any atom is -0.497 e. The summed E-state index contributed by atoms with van der Waals surface area (Å²) in [6.07, 6.45) is 6.79. The number of nitrogens with zero attached hydrogens (tertiary/aromatic N) is 2. The van der Waals surface area contributed by atoms with Crippen molar-refractivity contribution in [3.05, 3.63) is 58.5 Å². The molecule has 0 fully saturated rings. The van der Waals surface area contributed by atoms with Gasteiger partial charge in [-0.2, -0.15) is 0 Å². The lowest BCUT2D eigenvalue weighted by Gasteiger charge is -2.09. The lowest BCUT2D eigenvalue weighted by Crippen LogP contribution is -2.26. The summed E-state index contributed by atoms with van der Waals surface area (Å²) in [4.78, 5) is 28.4. The van der Waals surface area contributed by atoms with Crippen LogP contribution in [0.25, 0.3) is 11.0 Å². The van der Waals surface area contributed by atoms with Gasteiger partial charge in [-0.3, -0.25) is 4.79 Å². The Kier molecular flexibility index (Phi) is 5.90. The predicted molar refractivity (Wildman–Crippen MR) is 102 cm³/mol. The molecule has 0 aliphatic rings. The number of benzene rings is 1. The highest BCUT2D eigenvalue weighted by Gasteiger charge is 2.13. The molecule has 0 unspecified atom stereocenters. The SMILES string of the molecule is COc1ccc2c(C)c(CCC(=O)NCCCn3ccnc3)c(=O)oc2c1. The van der Waals surface area contributed by atoms with Gasteiger partial charge < -0.3 is 19.0 Å². The van der Waals surface area contributed by atoms with Crippen LogP contribution in [0.2, 0.25) is 0 Å². The number of imidazole rings is 1. The van der Waals surface area contributed by atoms with Gasteiger partial charge in [0.2, 0.25) is 5.91 Å². The number of aromatic nitrogens is 2. The fourth-order valence-corrected chi connectivity index (χ4v) is 3.03. The molecule has 142 valence electrons. The van der Waals surface area contributed by atoms with Crippen molar-refractivity contribution in [1.82, 2.24) is 14.9 Å². The number of ether oxygens (including phenoxy) is 1. The van der Waals surface area contributed by atoms with Gasteiger partial charge in [0, 0.05) is 48.9 Å². The smallest absolute Gasteiger partial charge is 0.339 e. The highest BCUT2D eigenvalue weighted by atomic mass is 16.5. The van der Waals surface area contributed by atoms with Crippen LogP contribution in [0, 0.1) is 6.92 Å². The number of carbonyl (C=O) groups excluding carboxylic acids is 1. The van der Waals surface area contributed by atoms with Crippen molar-refractivity contribution in [2.75, 3.05) is 13.7 Å². The second-order valence-electron chi connectivity index (χ2n) is 6.36. The van der Waals surface area contributed by atoms with Crippen molar-refractivity contribution in [3.63, 3.8) is 0 Å². The van der Waals surface area contributed by atoms with Crippen molar-refractivity contribution in [3.8, 4) is 5.75 Å². The van der Waals surface area contributed by atoms with Crippen LogP contribution in [0.4, 0.5) is 0 Å². The maximum atomic E-state index is 12.3. The van der Waals surface area contributed by atoms with E-state index < -0.39 is 5.63 Å². The van der Waals surface area contributed by atoms with E-state index in [2.05, 4.69) is 10.3 Å². The summed E-state index contributed by atoms with van der Waals surface area (Å²) in [7, 11) is 1.56. The molecule has 0 saturated carbocycles. The highest BCUT2D eigenvalue weighted by molar-refractivity contribution is 5.82. The van der Waals surface area contributed by atoms with E-state index in [0.29, 0.717) is 29.9 Å². The van der Waals surface area contributed by atoms with Crippen LogP contribution in [0.5, 0.6) is 5.75 Å². The molecule has 0 radical (unpaired) electrons. The minimum absolute atomic E-state index is 0.0748. The second kappa shape index (κ2) is 8.53. The molecule has 3 rings (SSSR count). The predicted octanol–water partition coefficient (Wildman–Crippen LogP) is 2.45. The normalized spacial score (nSPS) is 10.9. The maximum Gasteiger partial charge on any atom is 0.339 e. The topological polar surface area (TPSA) is 86.4 Å². The summed E-state index contributed by atoms with van der Waals surface area (Å²) in [6, 6.07) is 5.39. The summed E-state index contributed by atoms with van der Waals surface area (Å²) in [5.41, 5.74) is 1.48. The second-order valence-corrected chi connectivity index (χ2v) is 6.36. The standard InChI is InChI=1S/C20H23N3O4/c1-14-16-5-4-15(26-2)12-18(16)27-20(25)17(14)6-7-19(24)22-8-3-10-23-11-9-21-13-23/h4-5,9,11-13H,3,6-8,10H2,1-2H3,(H,22,24). The number of nitrogens with one attached hydrogen (secondary N) is 1. The quantitative estimate of drug-likeness (QED) is 0.487. The zero-order valence-corrected chi connectivity index (χ0v) is 15.5. The third kappa shape index (κ3) is 4.55. The molecule has 7 nitrogen and oxygen atoms in total. The Hall–Kier alpha value is -3.09. The third-order valence-corrected chi connectivity index (χ3v) is 4.57. The van der Waals surface area contributed by atoms with Gasteiger partial charge in [0.05, 0.1) is 13.4 Å². The van der Waals surface area contributed by atoms with Crippen LogP contribution < -0.4 is 15.7 Å². The number of carbonyl (C=O) groups is 1. The Bertz CT molecular complexity index is 977. The summed E-state index contributed by atoms with van der Waals surface area (Å²) in [6.45, 7) is 3.27. The summed E-state index contributed by atoms with van der Waals surface area (Å²) in [5, 5.41) is 3.74. The minimum atomic E-state index is -0.402. The Balaban J connectivity index is 1.57. The van der Waals surface area contributed by atoms with E-state index in [0.717, 1.165) is 23.9 Å². The van der Waals surface area contributed by atoms with Gasteiger partial charge in [-0.25, -0.2) is 9.78 Å². The number of fused-ring (bicyclic) bond motifs is 1. The van der Waals surface area contributed by atoms with Gasteiger partial charge in [-0.1, -0.05) is 0 Å². The van der Waals surface area contributed by atoms with Crippen LogP contribution in [-0.2, 0) is 17.8 Å². The van der Waals surface area contributed by atoms with Gasteiger partial charge in [-0.15, -0.1) is 0 Å². The number of hydrogen-bond acceptors (Lipinski definition) is 5. The number of hydrogen-bond donors (Lipinski definition) is 1. The Morgan fingerprint density at radius 3 is 2.96 bits per heavy atom. The zero-order chi connectivity index (χ0) is 19.2. The molecule has 2 heterocycles. The van der Waals surface area contributed by atoms with E-state index in [9.17, 15) is 9.59 Å². The molecule has 1 N–H and O–H groups in total. The monoisotopic (exact) mass is 369 g/mol. The molecule has 0 aliphatic carbocycles. The first-order valence-corrected chi connectivity index (χ1v) is 8.91. The Morgan fingerprint density at radius 1 is 1.37 bits per heavy atom. The number of amides is 1. The summed E-state index contributed by atoms with van der Waals surface area (Å²) in [5.74, 6) is 0.558. The van der Waals surface area contributed by atoms with Crippen molar-refractivity contribution in [1.29, 1.82) is 0 Å². The van der Waals surface area contributed by atoms with E-state index in [1.807, 2.05) is 29.8 Å².